The van der Waals surface area contributed by atoms with Crippen molar-refractivity contribution in [2.24, 2.45) is 4.99 Å². The molecule has 0 saturated carbocycles. The monoisotopic (exact) mass is 176 g/mol. The molecule has 0 unspecified atom stereocenters. The summed E-state index contributed by atoms with van der Waals surface area (Å²) in [6.07, 6.45) is 1.75. The summed E-state index contributed by atoms with van der Waals surface area (Å²) in [7, 11) is 0. The Morgan fingerprint density at radius 3 is 3.18 bits per heavy atom. The summed E-state index contributed by atoms with van der Waals surface area (Å²) in [6, 6.07) is 0. The van der Waals surface area contributed by atoms with E-state index in [0.717, 1.165) is 17.5 Å². The van der Waals surface area contributed by atoms with E-state index in [9.17, 15) is 4.39 Å². The number of alkyl halides is 1. The van der Waals surface area contributed by atoms with Gasteiger partial charge in [-0.3, -0.25) is 9.38 Å². The van der Waals surface area contributed by atoms with E-state index < -0.39 is 0 Å². The molecule has 0 aromatic carbocycles. The molecule has 4 heteroatoms. The van der Waals surface area contributed by atoms with Crippen LogP contribution in [-0.2, 0) is 0 Å². The van der Waals surface area contributed by atoms with Crippen LogP contribution in [0.5, 0.6) is 0 Å². The van der Waals surface area contributed by atoms with Gasteiger partial charge in [-0.15, -0.1) is 0 Å². The lowest BCUT2D eigenvalue weighted by atomic mass is 10.5. The fourth-order valence-electron chi connectivity index (χ4n) is 0.829. The van der Waals surface area contributed by atoms with Crippen LogP contribution in [0.3, 0.4) is 0 Å². The molecule has 1 aliphatic heterocycles. The molecule has 0 aromatic rings. The first-order chi connectivity index (χ1) is 5.43. The molecular weight excluding hydrogens is 163 g/mol. The van der Waals surface area contributed by atoms with E-state index in [0.29, 0.717) is 13.0 Å². The molecule has 0 radical (unpaired) electrons. The number of aliphatic imine (C=N–C) groups is 1. The number of hydrogen-bond acceptors (Lipinski definition) is 3. The SMILES string of the molecule is FCCCNC1=NCCCS1. The smallest absolute Gasteiger partial charge is 0.156 e. The van der Waals surface area contributed by atoms with Crippen LogP contribution in [0, 0.1) is 0 Å². The lowest BCUT2D eigenvalue weighted by Gasteiger charge is -2.12. The number of thioether (sulfide) groups is 1. The van der Waals surface area contributed by atoms with Gasteiger partial charge in [0.1, 0.15) is 0 Å². The van der Waals surface area contributed by atoms with Gasteiger partial charge in [0.05, 0.1) is 6.67 Å². The van der Waals surface area contributed by atoms with E-state index in [2.05, 4.69) is 10.3 Å². The van der Waals surface area contributed by atoms with Crippen molar-refractivity contribution in [1.29, 1.82) is 0 Å². The Morgan fingerprint density at radius 1 is 1.64 bits per heavy atom. The average Bonchev–Trinajstić information content (AvgIpc) is 2.07. The molecule has 0 atom stereocenters. The maximum Gasteiger partial charge on any atom is 0.156 e. The summed E-state index contributed by atoms with van der Waals surface area (Å²) in [5.41, 5.74) is 0. The minimum atomic E-state index is -0.245. The van der Waals surface area contributed by atoms with Crippen molar-refractivity contribution in [2.75, 3.05) is 25.5 Å². The number of nitrogens with one attached hydrogen (secondary N) is 1. The number of nitrogens with zero attached hydrogens (tertiary/aromatic N) is 1. The van der Waals surface area contributed by atoms with Crippen molar-refractivity contribution in [3.63, 3.8) is 0 Å². The normalized spacial score (nSPS) is 17.7. The van der Waals surface area contributed by atoms with E-state index in [4.69, 9.17) is 0 Å². The predicted octanol–water partition coefficient (Wildman–Crippen LogP) is 1.43. The summed E-state index contributed by atoms with van der Waals surface area (Å²) in [4.78, 5) is 4.25. The summed E-state index contributed by atoms with van der Waals surface area (Å²) >= 11 is 1.73. The largest absolute Gasteiger partial charge is 0.365 e. The third-order valence-electron chi connectivity index (χ3n) is 1.38. The van der Waals surface area contributed by atoms with Crippen LogP contribution in [0.4, 0.5) is 4.39 Å². The fourth-order valence-corrected chi connectivity index (χ4v) is 1.68. The Kier molecular flexibility index (Phi) is 4.35. The van der Waals surface area contributed by atoms with Gasteiger partial charge in [-0.2, -0.15) is 0 Å². The number of amidine groups is 1. The van der Waals surface area contributed by atoms with Crippen molar-refractivity contribution in [2.45, 2.75) is 12.8 Å². The lowest BCUT2D eigenvalue weighted by molar-refractivity contribution is 0.472. The molecule has 11 heavy (non-hydrogen) atoms. The van der Waals surface area contributed by atoms with Gasteiger partial charge in [0, 0.05) is 18.8 Å². The summed E-state index contributed by atoms with van der Waals surface area (Å²) in [5.74, 6) is 1.14. The highest BCUT2D eigenvalue weighted by atomic mass is 32.2. The Balaban J connectivity index is 2.09. The first-order valence-corrected chi connectivity index (χ1v) is 4.89. The molecule has 0 aromatic heterocycles. The van der Waals surface area contributed by atoms with Crippen molar-refractivity contribution in [3.8, 4) is 0 Å². The number of hydrogen-bond donors (Lipinski definition) is 1. The molecule has 1 heterocycles. The van der Waals surface area contributed by atoms with Gasteiger partial charge in [-0.1, -0.05) is 11.8 Å². The van der Waals surface area contributed by atoms with Gasteiger partial charge in [-0.25, -0.2) is 0 Å². The van der Waals surface area contributed by atoms with Crippen LogP contribution in [0.25, 0.3) is 0 Å². The van der Waals surface area contributed by atoms with Crippen LogP contribution in [-0.4, -0.2) is 30.7 Å². The minimum Gasteiger partial charge on any atom is -0.365 e. The maximum absolute atomic E-state index is 11.7. The zero-order valence-electron chi connectivity index (χ0n) is 6.48. The van der Waals surface area contributed by atoms with Gasteiger partial charge < -0.3 is 5.32 Å². The average molecular weight is 176 g/mol. The lowest BCUT2D eigenvalue weighted by Crippen LogP contribution is -2.24. The van der Waals surface area contributed by atoms with Crippen LogP contribution in [0.1, 0.15) is 12.8 Å². The van der Waals surface area contributed by atoms with Gasteiger partial charge >= 0.3 is 0 Å². The van der Waals surface area contributed by atoms with Crippen LogP contribution >= 0.6 is 11.8 Å². The van der Waals surface area contributed by atoms with Gasteiger partial charge in [0.2, 0.25) is 0 Å². The standard InChI is InChI=1S/C7H13FN2S/c8-3-1-4-9-7-10-5-2-6-11-7/h1-6H2,(H,9,10). The predicted molar refractivity (Wildman–Crippen MR) is 48.0 cm³/mol. The topological polar surface area (TPSA) is 24.4 Å². The second-order valence-corrected chi connectivity index (χ2v) is 3.44. The highest BCUT2D eigenvalue weighted by Crippen LogP contribution is 2.09. The molecule has 1 rings (SSSR count). The zero-order valence-corrected chi connectivity index (χ0v) is 7.29. The molecule has 64 valence electrons. The molecule has 0 fully saturated rings. The fraction of sp³-hybridized carbons (Fsp3) is 0.857. The molecule has 2 nitrogen and oxygen atoms in total. The van der Waals surface area contributed by atoms with E-state index in [1.54, 1.807) is 11.8 Å². The molecule has 0 bridgehead atoms. The van der Waals surface area contributed by atoms with E-state index in [-0.39, 0.29) is 6.67 Å². The Morgan fingerprint density at radius 2 is 2.55 bits per heavy atom. The Bertz CT molecular complexity index is 138. The zero-order chi connectivity index (χ0) is 7.94. The minimum absolute atomic E-state index is 0.245. The number of rotatable bonds is 3. The molecule has 1 aliphatic rings. The van der Waals surface area contributed by atoms with Crippen molar-refractivity contribution >= 4 is 16.9 Å². The summed E-state index contributed by atoms with van der Waals surface area (Å²) in [5, 5.41) is 4.09. The molecule has 1 N–H and O–H groups in total. The highest BCUT2D eigenvalue weighted by Gasteiger charge is 2.03. The second-order valence-electron chi connectivity index (χ2n) is 2.36. The van der Waals surface area contributed by atoms with E-state index in [1.807, 2.05) is 0 Å². The Labute approximate surface area is 70.7 Å². The van der Waals surface area contributed by atoms with Gasteiger partial charge in [-0.05, 0) is 12.8 Å². The first kappa shape index (κ1) is 8.84. The summed E-state index contributed by atoms with van der Waals surface area (Å²) < 4.78 is 11.7. The Hall–Kier alpha value is -0.250. The van der Waals surface area contributed by atoms with Crippen molar-refractivity contribution < 1.29 is 4.39 Å². The number of halogens is 1. The maximum atomic E-state index is 11.7. The van der Waals surface area contributed by atoms with Gasteiger partial charge in [0.15, 0.2) is 5.17 Å². The van der Waals surface area contributed by atoms with Crippen LogP contribution in [0.2, 0.25) is 0 Å². The third kappa shape index (κ3) is 3.60. The van der Waals surface area contributed by atoms with Crippen molar-refractivity contribution in [3.05, 3.63) is 0 Å². The first-order valence-electron chi connectivity index (χ1n) is 3.90. The quantitative estimate of drug-likeness (QED) is 0.658. The third-order valence-corrected chi connectivity index (χ3v) is 2.42. The van der Waals surface area contributed by atoms with Gasteiger partial charge in [0.25, 0.3) is 0 Å². The molecule has 0 amide bonds. The molecule has 0 saturated heterocycles. The van der Waals surface area contributed by atoms with Crippen LogP contribution < -0.4 is 5.32 Å². The van der Waals surface area contributed by atoms with E-state index >= 15 is 0 Å². The summed E-state index contributed by atoms with van der Waals surface area (Å²) in [6.45, 7) is 1.39. The molecule has 0 spiro atoms. The van der Waals surface area contributed by atoms with Crippen molar-refractivity contribution in [1.82, 2.24) is 5.32 Å². The molecular formula is C7H13FN2S. The van der Waals surface area contributed by atoms with Crippen LogP contribution in [0.15, 0.2) is 4.99 Å². The van der Waals surface area contributed by atoms with E-state index in [1.165, 1.54) is 6.42 Å². The second kappa shape index (κ2) is 5.41. The highest BCUT2D eigenvalue weighted by molar-refractivity contribution is 8.13. The molecule has 0 aliphatic carbocycles.